The minimum atomic E-state index is -0.0678. The molecule has 1 saturated heterocycles. The van der Waals surface area contributed by atoms with Crippen molar-refractivity contribution in [2.24, 2.45) is 0 Å². The van der Waals surface area contributed by atoms with E-state index in [4.69, 9.17) is 9.26 Å². The highest BCUT2D eigenvalue weighted by Gasteiger charge is 2.21. The maximum atomic E-state index is 11.9. The largest absolute Gasteiger partial charge is 0.496 e. The molecule has 2 N–H and O–H groups in total. The molecule has 1 amide bonds. The number of ether oxygens (including phenoxy) is 1. The van der Waals surface area contributed by atoms with E-state index in [2.05, 4.69) is 20.8 Å². The molecule has 3 rings (SSSR count). The Balaban J connectivity index is 1.56. The Labute approximate surface area is 134 Å². The van der Waals surface area contributed by atoms with Crippen molar-refractivity contribution in [2.45, 2.75) is 25.3 Å². The zero-order valence-corrected chi connectivity index (χ0v) is 13.0. The van der Waals surface area contributed by atoms with E-state index in [9.17, 15) is 4.79 Å². The Hall–Kier alpha value is -2.41. The Morgan fingerprint density at radius 2 is 2.35 bits per heavy atom. The average Bonchev–Trinajstić information content (AvgIpc) is 3.26. The van der Waals surface area contributed by atoms with Gasteiger partial charge in [-0.3, -0.25) is 4.79 Å². The summed E-state index contributed by atoms with van der Waals surface area (Å²) >= 11 is 0. The van der Waals surface area contributed by atoms with Gasteiger partial charge in [0.15, 0.2) is 0 Å². The lowest BCUT2D eigenvalue weighted by Gasteiger charge is -2.09. The first-order chi connectivity index (χ1) is 11.3. The van der Waals surface area contributed by atoms with Crippen LogP contribution < -0.4 is 15.4 Å². The molecule has 1 fully saturated rings. The lowest BCUT2D eigenvalue weighted by Crippen LogP contribution is -2.41. The molecular formula is C16H20N4O3. The summed E-state index contributed by atoms with van der Waals surface area (Å²) in [6.45, 7) is 1.38. The molecule has 1 unspecified atom stereocenters. The zero-order chi connectivity index (χ0) is 16.1. The Kier molecular flexibility index (Phi) is 4.87. The van der Waals surface area contributed by atoms with Gasteiger partial charge in [-0.25, -0.2) is 0 Å². The van der Waals surface area contributed by atoms with E-state index in [1.165, 1.54) is 0 Å². The summed E-state index contributed by atoms with van der Waals surface area (Å²) in [4.78, 5) is 16.2. The summed E-state index contributed by atoms with van der Waals surface area (Å²) in [5.41, 5.74) is 0.782. The average molecular weight is 316 g/mol. The summed E-state index contributed by atoms with van der Waals surface area (Å²) in [7, 11) is 1.60. The first-order valence-electron chi connectivity index (χ1n) is 7.75. The van der Waals surface area contributed by atoms with Crippen LogP contribution in [0.3, 0.4) is 0 Å². The molecule has 23 heavy (non-hydrogen) atoms. The lowest BCUT2D eigenvalue weighted by atomic mass is 10.2. The van der Waals surface area contributed by atoms with Crippen molar-refractivity contribution in [1.82, 2.24) is 20.8 Å². The maximum Gasteiger partial charge on any atom is 0.237 e. The number of carbonyl (C=O) groups is 1. The number of hydrogen-bond donors (Lipinski definition) is 2. The van der Waals surface area contributed by atoms with Crippen LogP contribution in [0, 0.1) is 0 Å². The molecule has 0 bridgehead atoms. The summed E-state index contributed by atoms with van der Waals surface area (Å²) in [6, 6.07) is 7.43. The van der Waals surface area contributed by atoms with Gasteiger partial charge in [0, 0.05) is 13.0 Å². The molecule has 2 aromatic rings. The molecule has 0 spiro atoms. The fourth-order valence-corrected chi connectivity index (χ4v) is 2.62. The molecule has 1 aromatic heterocycles. The second-order valence-electron chi connectivity index (χ2n) is 5.40. The minimum absolute atomic E-state index is 0.0342. The topological polar surface area (TPSA) is 89.3 Å². The Morgan fingerprint density at radius 3 is 3.13 bits per heavy atom. The van der Waals surface area contributed by atoms with Crippen LogP contribution in [-0.4, -0.2) is 42.3 Å². The van der Waals surface area contributed by atoms with E-state index in [0.717, 1.165) is 24.9 Å². The second-order valence-corrected chi connectivity index (χ2v) is 5.40. The van der Waals surface area contributed by atoms with E-state index in [1.54, 1.807) is 7.11 Å². The van der Waals surface area contributed by atoms with Gasteiger partial charge in [0.05, 0.1) is 18.7 Å². The molecule has 7 nitrogen and oxygen atoms in total. The summed E-state index contributed by atoms with van der Waals surface area (Å²) in [5.74, 6) is 1.71. The van der Waals surface area contributed by atoms with E-state index in [1.807, 2.05) is 24.3 Å². The van der Waals surface area contributed by atoms with Crippen molar-refractivity contribution in [1.29, 1.82) is 0 Å². The second kappa shape index (κ2) is 7.23. The number of aromatic nitrogens is 2. The van der Waals surface area contributed by atoms with Gasteiger partial charge < -0.3 is 19.9 Å². The van der Waals surface area contributed by atoms with E-state index in [0.29, 0.717) is 30.4 Å². The monoisotopic (exact) mass is 316 g/mol. The van der Waals surface area contributed by atoms with Crippen LogP contribution in [-0.2, 0) is 11.2 Å². The molecule has 7 heteroatoms. The number of hydrogen-bond acceptors (Lipinski definition) is 6. The Bertz CT molecular complexity index is 665. The fourth-order valence-electron chi connectivity index (χ4n) is 2.62. The van der Waals surface area contributed by atoms with Gasteiger partial charge in [0.2, 0.25) is 17.6 Å². The third-order valence-electron chi connectivity index (χ3n) is 3.83. The molecule has 1 aliphatic rings. The van der Waals surface area contributed by atoms with Gasteiger partial charge in [0.1, 0.15) is 5.75 Å². The summed E-state index contributed by atoms with van der Waals surface area (Å²) in [6.07, 6.45) is 2.44. The lowest BCUT2D eigenvalue weighted by molar-refractivity contribution is -0.122. The molecular weight excluding hydrogens is 296 g/mol. The normalized spacial score (nSPS) is 17.2. The SMILES string of the molecule is COc1ccccc1-c1noc(CCNC(=O)C2CCCN2)n1. The molecule has 2 heterocycles. The maximum absolute atomic E-state index is 11.9. The molecule has 0 radical (unpaired) electrons. The van der Waals surface area contributed by atoms with Crippen molar-refractivity contribution in [3.63, 3.8) is 0 Å². The van der Waals surface area contributed by atoms with Crippen molar-refractivity contribution < 1.29 is 14.1 Å². The van der Waals surface area contributed by atoms with Gasteiger partial charge >= 0.3 is 0 Å². The standard InChI is InChI=1S/C16H20N4O3/c1-22-13-7-3-2-5-11(13)15-19-14(23-20-15)8-10-18-16(21)12-6-4-9-17-12/h2-3,5,7,12,17H,4,6,8-10H2,1H3,(H,18,21). The molecule has 122 valence electrons. The zero-order valence-electron chi connectivity index (χ0n) is 13.0. The van der Waals surface area contributed by atoms with Gasteiger partial charge in [-0.1, -0.05) is 17.3 Å². The fraction of sp³-hybridized carbons (Fsp3) is 0.438. The number of methoxy groups -OCH3 is 1. The molecule has 0 saturated carbocycles. The van der Waals surface area contributed by atoms with Crippen molar-refractivity contribution in [3.05, 3.63) is 30.2 Å². The molecule has 1 aliphatic heterocycles. The molecule has 0 aliphatic carbocycles. The van der Waals surface area contributed by atoms with Gasteiger partial charge in [-0.2, -0.15) is 4.98 Å². The highest BCUT2D eigenvalue weighted by atomic mass is 16.5. The first-order valence-corrected chi connectivity index (χ1v) is 7.75. The van der Waals surface area contributed by atoms with Crippen molar-refractivity contribution in [3.8, 4) is 17.1 Å². The smallest absolute Gasteiger partial charge is 0.237 e. The highest BCUT2D eigenvalue weighted by molar-refractivity contribution is 5.81. The van der Waals surface area contributed by atoms with Crippen molar-refractivity contribution >= 4 is 5.91 Å². The first kappa shape index (κ1) is 15.5. The molecule has 1 atom stereocenters. The Morgan fingerprint density at radius 1 is 1.48 bits per heavy atom. The number of nitrogens with zero attached hydrogens (tertiary/aromatic N) is 2. The van der Waals surface area contributed by atoms with Gasteiger partial charge in [0.25, 0.3) is 0 Å². The number of carbonyl (C=O) groups excluding carboxylic acids is 1. The van der Waals surface area contributed by atoms with Crippen LogP contribution >= 0.6 is 0 Å². The predicted octanol–water partition coefficient (Wildman–Crippen LogP) is 1.16. The van der Waals surface area contributed by atoms with Crippen LogP contribution in [0.5, 0.6) is 5.75 Å². The van der Waals surface area contributed by atoms with Gasteiger partial charge in [-0.15, -0.1) is 0 Å². The number of amides is 1. The van der Waals surface area contributed by atoms with Crippen LogP contribution in [0.25, 0.3) is 11.4 Å². The quantitative estimate of drug-likeness (QED) is 0.831. The predicted molar refractivity (Wildman–Crippen MR) is 84.0 cm³/mol. The summed E-state index contributed by atoms with van der Waals surface area (Å²) in [5, 5.41) is 10.0. The third kappa shape index (κ3) is 3.68. The van der Waals surface area contributed by atoms with Crippen LogP contribution in [0.4, 0.5) is 0 Å². The number of benzene rings is 1. The van der Waals surface area contributed by atoms with Crippen LogP contribution in [0.1, 0.15) is 18.7 Å². The van der Waals surface area contributed by atoms with E-state index in [-0.39, 0.29) is 11.9 Å². The van der Waals surface area contributed by atoms with Crippen LogP contribution in [0.2, 0.25) is 0 Å². The highest BCUT2D eigenvalue weighted by Crippen LogP contribution is 2.26. The number of rotatable bonds is 6. The summed E-state index contributed by atoms with van der Waals surface area (Å²) < 4.78 is 10.5. The number of para-hydroxylation sites is 1. The third-order valence-corrected chi connectivity index (χ3v) is 3.83. The van der Waals surface area contributed by atoms with E-state index < -0.39 is 0 Å². The number of nitrogens with one attached hydrogen (secondary N) is 2. The van der Waals surface area contributed by atoms with E-state index >= 15 is 0 Å². The van der Waals surface area contributed by atoms with Gasteiger partial charge in [-0.05, 0) is 31.5 Å². The van der Waals surface area contributed by atoms with Crippen LogP contribution in [0.15, 0.2) is 28.8 Å². The molecule has 1 aromatic carbocycles. The minimum Gasteiger partial charge on any atom is -0.496 e. The van der Waals surface area contributed by atoms with Crippen molar-refractivity contribution in [2.75, 3.05) is 20.2 Å².